The van der Waals surface area contributed by atoms with Gasteiger partial charge in [0.1, 0.15) is 0 Å². The Morgan fingerprint density at radius 3 is 1.59 bits per heavy atom. The smallest absolute Gasteiger partial charge is 1.00 e. The molecular weight excluding hydrogens is 490 g/mol. The molecule has 154 valence electrons. The quantitative estimate of drug-likeness (QED) is 0.354. The van der Waals surface area contributed by atoms with Gasteiger partial charge in [-0.2, -0.15) is 12.8 Å². The number of hydrogen-bond donors (Lipinski definition) is 0. The van der Waals surface area contributed by atoms with Gasteiger partial charge in [0, 0.05) is 0 Å². The van der Waals surface area contributed by atoms with Gasteiger partial charge in [-0.25, -0.2) is 0 Å². The topological polar surface area (TPSA) is 0 Å². The van der Waals surface area contributed by atoms with Gasteiger partial charge in [-0.3, -0.25) is 0 Å². The average Bonchev–Trinajstić information content (AvgIpc) is 3.39. The van der Waals surface area contributed by atoms with Crippen LogP contribution in [0.15, 0.2) is 78.9 Å². The fourth-order valence-electron chi connectivity index (χ4n) is 4.08. The van der Waals surface area contributed by atoms with Gasteiger partial charge in [0.25, 0.3) is 0 Å². The molecule has 0 heterocycles. The van der Waals surface area contributed by atoms with E-state index in [1.54, 1.807) is 28.5 Å². The van der Waals surface area contributed by atoms with Crippen LogP contribution in [-0.2, 0) is 23.3 Å². The fraction of sp³-hybridized carbons (Fsp3) is 0.360. The number of benzene rings is 1. The summed E-state index contributed by atoms with van der Waals surface area (Å²) >= 11 is 1.69. The number of allylic oxidation sites excluding steroid dienone is 8. The average molecular weight is 521 g/mol. The van der Waals surface area contributed by atoms with E-state index in [4.69, 9.17) is 0 Å². The van der Waals surface area contributed by atoms with Crippen molar-refractivity contribution in [3.63, 3.8) is 0 Å². The summed E-state index contributed by atoms with van der Waals surface area (Å²) < 4.78 is 0. The summed E-state index contributed by atoms with van der Waals surface area (Å²) in [7, 11) is 0. The van der Waals surface area contributed by atoms with E-state index in [0.717, 1.165) is 23.7 Å². The van der Waals surface area contributed by atoms with Gasteiger partial charge >= 0.3 is 70.8 Å². The van der Waals surface area contributed by atoms with Gasteiger partial charge in [-0.05, 0) is 11.8 Å². The molecule has 1 aromatic carbocycles. The monoisotopic (exact) mass is 518 g/mol. The second-order valence-corrected chi connectivity index (χ2v) is 15.0. The van der Waals surface area contributed by atoms with Crippen molar-refractivity contribution in [2.75, 3.05) is 0 Å². The van der Waals surface area contributed by atoms with E-state index in [1.807, 2.05) is 0 Å². The van der Waals surface area contributed by atoms with E-state index in [0.29, 0.717) is 0 Å². The minimum atomic E-state index is -0.122. The summed E-state index contributed by atoms with van der Waals surface area (Å²) in [6.45, 7) is 2.35. The van der Waals surface area contributed by atoms with Crippen molar-refractivity contribution in [1.29, 1.82) is 0 Å². The third-order valence-electron chi connectivity index (χ3n) is 5.68. The van der Waals surface area contributed by atoms with Crippen molar-refractivity contribution in [3.05, 3.63) is 91.8 Å². The van der Waals surface area contributed by atoms with E-state index in [1.165, 1.54) is 25.7 Å². The van der Waals surface area contributed by atoms with Crippen molar-refractivity contribution in [2.45, 2.75) is 32.2 Å². The maximum atomic E-state index is 2.42. The van der Waals surface area contributed by atoms with Crippen LogP contribution < -0.4 is 30.0 Å². The van der Waals surface area contributed by atoms with Crippen LogP contribution in [0.2, 0.25) is 6.55 Å². The van der Waals surface area contributed by atoms with Crippen molar-refractivity contribution in [2.24, 2.45) is 23.7 Å². The maximum Gasteiger partial charge on any atom is -1.00 e. The van der Waals surface area contributed by atoms with Crippen LogP contribution in [0, 0.1) is 36.5 Å². The van der Waals surface area contributed by atoms with Crippen LogP contribution >= 0.6 is 0 Å². The molecule has 4 aliphatic rings. The minimum absolute atomic E-state index is 0. The van der Waals surface area contributed by atoms with Crippen LogP contribution in [0.4, 0.5) is 0 Å². The second kappa shape index (κ2) is 14.8. The van der Waals surface area contributed by atoms with Gasteiger partial charge in [-0.1, -0.05) is 49.3 Å². The van der Waals surface area contributed by atoms with Gasteiger partial charge < -0.3 is 37.7 Å². The molecule has 0 bridgehead atoms. The molecule has 2 fully saturated rings. The van der Waals surface area contributed by atoms with Crippen LogP contribution in [0.5, 0.6) is 0 Å². The Balaban J connectivity index is 0.000000210. The molecule has 4 unspecified atom stereocenters. The van der Waals surface area contributed by atoms with Gasteiger partial charge in [0.05, 0.1) is 0 Å². The SMILES string of the molecule is C1=CC2[CH-]CCC2C=C1.C1=CC2[CH-]CCC2C=C1.C[Si](=[Zr+2])c1ccccc1.[Cl-].[Cl-]. The Bertz CT molecular complexity index is 650. The molecule has 5 rings (SSSR count). The Kier molecular flexibility index (Phi) is 13.7. The molecule has 0 nitrogen and oxygen atoms in total. The van der Waals surface area contributed by atoms with E-state index in [-0.39, 0.29) is 30.2 Å². The van der Waals surface area contributed by atoms with Crippen LogP contribution in [0.25, 0.3) is 0 Å². The molecule has 29 heavy (non-hydrogen) atoms. The van der Waals surface area contributed by atoms with Crippen LogP contribution in [-0.4, -0.2) is 5.43 Å². The molecule has 4 atom stereocenters. The number of hydrogen-bond acceptors (Lipinski definition) is 0. The predicted octanol–water partition coefficient (Wildman–Crippen LogP) is -0.245. The predicted molar refractivity (Wildman–Crippen MR) is 115 cm³/mol. The molecule has 2 saturated carbocycles. The third-order valence-corrected chi connectivity index (χ3v) is 9.01. The Morgan fingerprint density at radius 1 is 0.759 bits per heavy atom. The van der Waals surface area contributed by atoms with Crippen molar-refractivity contribution in [3.8, 4) is 0 Å². The van der Waals surface area contributed by atoms with E-state index >= 15 is 0 Å². The standard InChI is InChI=1S/2C9H11.C7H8Si.2ClH.Zr/c2*1-2-5-9-7-3-6-8(9)4-1;1-8-7-5-3-2-4-6-7;;;/h2*1-2,4-6,8-9H,3,7H2;2-6H,1H3;2*1H;/q2*-1;;;;+2/p-2. The molecule has 0 radical (unpaired) electrons. The number of rotatable bonds is 1. The summed E-state index contributed by atoms with van der Waals surface area (Å²) in [5.74, 6) is 3.23. The molecule has 0 N–H and O–H groups in total. The molecule has 0 spiro atoms. The Hall–Kier alpha value is -0.140. The molecule has 0 aliphatic heterocycles. The third kappa shape index (κ3) is 8.86. The second-order valence-electron chi connectivity index (χ2n) is 7.64. The Morgan fingerprint density at radius 2 is 1.21 bits per heavy atom. The molecular formula is C25H30Cl2SiZr-2. The molecule has 0 saturated heterocycles. The van der Waals surface area contributed by atoms with Gasteiger partial charge in [0.2, 0.25) is 0 Å². The van der Waals surface area contributed by atoms with E-state index in [9.17, 15) is 0 Å². The summed E-state index contributed by atoms with van der Waals surface area (Å²) in [5.41, 5.74) is -0.122. The zero-order valence-electron chi connectivity index (χ0n) is 17.1. The number of halogens is 2. The molecule has 1 aromatic rings. The first-order chi connectivity index (χ1) is 13.2. The first kappa shape index (κ1) is 26.9. The van der Waals surface area contributed by atoms with Crippen molar-refractivity contribution < 1.29 is 48.1 Å². The minimum Gasteiger partial charge on any atom is -1.00 e. The summed E-state index contributed by atoms with van der Waals surface area (Å²) in [5, 5.41) is 1.56. The first-order valence-electron chi connectivity index (χ1n) is 10.2. The molecule has 4 heteroatoms. The first-order valence-corrected chi connectivity index (χ1v) is 15.9. The maximum absolute atomic E-state index is 2.42. The normalized spacial score (nSPS) is 27.1. The van der Waals surface area contributed by atoms with E-state index in [2.05, 4.69) is 98.3 Å². The van der Waals surface area contributed by atoms with Gasteiger partial charge in [-0.15, -0.1) is 24.0 Å². The van der Waals surface area contributed by atoms with E-state index < -0.39 is 0 Å². The number of fused-ring (bicyclic) bond motifs is 2. The molecule has 0 amide bonds. The van der Waals surface area contributed by atoms with Crippen LogP contribution in [0.3, 0.4) is 0 Å². The summed E-state index contributed by atoms with van der Waals surface area (Å²) in [4.78, 5) is 0. The largest absolute Gasteiger partial charge is 1.00 e. The molecule has 0 aromatic heterocycles. The van der Waals surface area contributed by atoms with Gasteiger partial charge in [0.15, 0.2) is 0 Å². The zero-order chi connectivity index (χ0) is 18.9. The van der Waals surface area contributed by atoms with Crippen molar-refractivity contribution in [1.82, 2.24) is 0 Å². The fourth-order valence-corrected chi connectivity index (χ4v) is 6.00. The molecule has 4 aliphatic carbocycles. The van der Waals surface area contributed by atoms with Crippen molar-refractivity contribution >= 4 is 10.6 Å². The summed E-state index contributed by atoms with van der Waals surface area (Å²) in [6, 6.07) is 10.8. The van der Waals surface area contributed by atoms with Crippen LogP contribution in [0.1, 0.15) is 25.7 Å². The summed E-state index contributed by atoms with van der Waals surface area (Å²) in [6.07, 6.45) is 28.1. The Labute approximate surface area is 205 Å². The zero-order valence-corrected chi connectivity index (χ0v) is 22.0.